The number of amides is 1. The number of aryl methyl sites for hydroxylation is 2. The Hall–Kier alpha value is -3.15. The molecule has 1 amide bonds. The summed E-state index contributed by atoms with van der Waals surface area (Å²) in [5, 5.41) is 20.6. The van der Waals surface area contributed by atoms with Crippen LogP contribution in [-0.4, -0.2) is 54.5 Å². The third kappa shape index (κ3) is 4.31. The van der Waals surface area contributed by atoms with Crippen molar-refractivity contribution in [2.75, 3.05) is 6.54 Å². The van der Waals surface area contributed by atoms with Gasteiger partial charge in [-0.15, -0.1) is 0 Å². The number of rotatable bonds is 6. The van der Waals surface area contributed by atoms with Crippen LogP contribution in [0.15, 0.2) is 21.7 Å². The first-order valence-electron chi connectivity index (χ1n) is 8.97. The smallest absolute Gasteiger partial charge is 0.349 e. The van der Waals surface area contributed by atoms with Crippen LogP contribution in [0.2, 0.25) is 0 Å². The van der Waals surface area contributed by atoms with Crippen LogP contribution in [0.1, 0.15) is 17.5 Å². The summed E-state index contributed by atoms with van der Waals surface area (Å²) in [6.07, 6.45) is -1.51. The van der Waals surface area contributed by atoms with Crippen molar-refractivity contribution in [1.29, 1.82) is 0 Å². The number of benzene rings is 1. The summed E-state index contributed by atoms with van der Waals surface area (Å²) in [4.78, 5) is 46.7. The number of carbonyl (C=O) groups is 1. The highest BCUT2D eigenvalue weighted by molar-refractivity contribution is 5.84. The van der Waals surface area contributed by atoms with Gasteiger partial charge < -0.3 is 25.8 Å². The number of hydrogen-bond acceptors (Lipinski definition) is 8. The molecule has 0 aliphatic carbocycles. The number of nitrogens with zero attached hydrogens (tertiary/aromatic N) is 3. The SMILES string of the molecule is Cc1cc2nc3c(=O)[nH]c(=O)nc-3n(CC(=O)NCC[C@H](N)C(O)O)c2cc1C. The quantitative estimate of drug-likeness (QED) is 0.240. The largest absolute Gasteiger partial charge is 0.367 e. The number of carbonyl (C=O) groups excluding carboxylic acids is 1. The number of nitrogens with one attached hydrogen (secondary N) is 2. The molecule has 2 aliphatic heterocycles. The van der Waals surface area contributed by atoms with Crippen LogP contribution >= 0.6 is 0 Å². The van der Waals surface area contributed by atoms with Crippen LogP contribution < -0.4 is 22.3 Å². The molecule has 11 nitrogen and oxygen atoms in total. The molecule has 2 heterocycles. The monoisotopic (exact) mass is 402 g/mol. The van der Waals surface area contributed by atoms with Crippen molar-refractivity contribution in [3.63, 3.8) is 0 Å². The van der Waals surface area contributed by atoms with E-state index in [4.69, 9.17) is 15.9 Å². The number of hydrogen-bond donors (Lipinski definition) is 5. The van der Waals surface area contributed by atoms with E-state index in [0.29, 0.717) is 11.0 Å². The molecule has 1 aromatic carbocycles. The number of aromatic nitrogens is 4. The molecule has 1 aromatic rings. The molecule has 0 fully saturated rings. The van der Waals surface area contributed by atoms with Gasteiger partial charge in [-0.3, -0.25) is 14.6 Å². The predicted molar refractivity (Wildman–Crippen MR) is 104 cm³/mol. The van der Waals surface area contributed by atoms with Gasteiger partial charge in [0.25, 0.3) is 5.56 Å². The first kappa shape index (κ1) is 20.6. The van der Waals surface area contributed by atoms with Gasteiger partial charge in [-0.1, -0.05) is 0 Å². The molecule has 2 aliphatic rings. The number of aliphatic hydroxyl groups is 2. The Kier molecular flexibility index (Phi) is 5.73. The molecule has 0 unspecified atom stereocenters. The minimum atomic E-state index is -1.67. The minimum absolute atomic E-state index is 0.00661. The van der Waals surface area contributed by atoms with Crippen molar-refractivity contribution in [1.82, 2.24) is 24.8 Å². The molecule has 0 radical (unpaired) electrons. The Bertz CT molecular complexity index is 1150. The second-order valence-electron chi connectivity index (χ2n) is 6.88. The Morgan fingerprint density at radius 3 is 2.62 bits per heavy atom. The summed E-state index contributed by atoms with van der Waals surface area (Å²) in [7, 11) is 0. The second-order valence-corrected chi connectivity index (χ2v) is 6.88. The third-order valence-electron chi connectivity index (χ3n) is 4.71. The van der Waals surface area contributed by atoms with Gasteiger partial charge in [0.2, 0.25) is 5.91 Å². The van der Waals surface area contributed by atoms with E-state index in [1.807, 2.05) is 19.9 Å². The summed E-state index contributed by atoms with van der Waals surface area (Å²) >= 11 is 0. The average molecular weight is 402 g/mol. The predicted octanol–water partition coefficient (Wildman–Crippen LogP) is -1.65. The lowest BCUT2D eigenvalue weighted by molar-refractivity contribution is -0.121. The van der Waals surface area contributed by atoms with E-state index in [-0.39, 0.29) is 31.0 Å². The fourth-order valence-electron chi connectivity index (χ4n) is 2.94. The maximum Gasteiger partial charge on any atom is 0.349 e. The van der Waals surface area contributed by atoms with E-state index in [0.717, 1.165) is 11.1 Å². The lowest BCUT2D eigenvalue weighted by Crippen LogP contribution is -2.39. The number of H-pyrrole nitrogens is 1. The Morgan fingerprint density at radius 2 is 1.93 bits per heavy atom. The summed E-state index contributed by atoms with van der Waals surface area (Å²) < 4.78 is 1.47. The van der Waals surface area contributed by atoms with Crippen LogP contribution in [0.25, 0.3) is 22.6 Å². The number of nitrogens with two attached hydrogens (primary N) is 1. The molecule has 3 rings (SSSR count). The fourth-order valence-corrected chi connectivity index (χ4v) is 2.94. The first-order chi connectivity index (χ1) is 13.7. The summed E-state index contributed by atoms with van der Waals surface area (Å²) in [5.41, 5.74) is 6.91. The van der Waals surface area contributed by atoms with E-state index in [2.05, 4.69) is 20.3 Å². The topological polar surface area (TPSA) is 176 Å². The van der Waals surface area contributed by atoms with Gasteiger partial charge in [-0.25, -0.2) is 9.78 Å². The highest BCUT2D eigenvalue weighted by Gasteiger charge is 2.21. The van der Waals surface area contributed by atoms with Gasteiger partial charge in [-0.05, 0) is 43.5 Å². The maximum absolute atomic E-state index is 12.5. The van der Waals surface area contributed by atoms with Gasteiger partial charge in [0.05, 0.1) is 17.1 Å². The van der Waals surface area contributed by atoms with E-state index >= 15 is 0 Å². The lowest BCUT2D eigenvalue weighted by Gasteiger charge is -2.18. The molecule has 0 saturated heterocycles. The molecular formula is C18H22N6O5. The minimum Gasteiger partial charge on any atom is -0.367 e. The average Bonchev–Trinajstić information content (AvgIpc) is 2.63. The van der Waals surface area contributed by atoms with Crippen molar-refractivity contribution < 1.29 is 15.0 Å². The Labute approximate surface area is 164 Å². The molecule has 0 saturated carbocycles. The maximum atomic E-state index is 12.5. The summed E-state index contributed by atoms with van der Waals surface area (Å²) in [5.74, 6) is -0.414. The van der Waals surface area contributed by atoms with Gasteiger partial charge in [0.1, 0.15) is 6.54 Å². The van der Waals surface area contributed by atoms with Crippen LogP contribution in [0.3, 0.4) is 0 Å². The normalized spacial score (nSPS) is 12.6. The van der Waals surface area contributed by atoms with Gasteiger partial charge >= 0.3 is 5.69 Å². The fraction of sp³-hybridized carbons (Fsp3) is 0.389. The zero-order chi connectivity index (χ0) is 21.3. The van der Waals surface area contributed by atoms with Gasteiger partial charge in [0.15, 0.2) is 17.8 Å². The second kappa shape index (κ2) is 8.07. The number of aliphatic hydroxyl groups excluding tert-OH is 1. The van der Waals surface area contributed by atoms with Crippen LogP contribution in [0.5, 0.6) is 0 Å². The molecular weight excluding hydrogens is 380 g/mol. The van der Waals surface area contributed by atoms with Gasteiger partial charge in [0, 0.05) is 6.54 Å². The zero-order valence-electron chi connectivity index (χ0n) is 16.0. The van der Waals surface area contributed by atoms with Crippen molar-refractivity contribution in [3.05, 3.63) is 44.1 Å². The van der Waals surface area contributed by atoms with E-state index in [9.17, 15) is 14.4 Å². The van der Waals surface area contributed by atoms with E-state index in [1.165, 1.54) is 4.57 Å². The van der Waals surface area contributed by atoms with Crippen LogP contribution in [0.4, 0.5) is 0 Å². The van der Waals surface area contributed by atoms with Crippen molar-refractivity contribution in [3.8, 4) is 11.5 Å². The molecule has 11 heteroatoms. The molecule has 29 heavy (non-hydrogen) atoms. The molecule has 6 N–H and O–H groups in total. The molecule has 0 bridgehead atoms. The number of aromatic amines is 1. The number of fused-ring (bicyclic) bond motifs is 2. The highest BCUT2D eigenvalue weighted by atomic mass is 16.5. The highest BCUT2D eigenvalue weighted by Crippen LogP contribution is 2.23. The zero-order valence-corrected chi connectivity index (χ0v) is 16.0. The molecule has 1 atom stereocenters. The van der Waals surface area contributed by atoms with E-state index < -0.39 is 29.5 Å². The van der Waals surface area contributed by atoms with Crippen LogP contribution in [-0.2, 0) is 11.3 Å². The summed E-state index contributed by atoms with van der Waals surface area (Å²) in [6, 6.07) is 2.72. The van der Waals surface area contributed by atoms with E-state index in [1.54, 1.807) is 6.07 Å². The van der Waals surface area contributed by atoms with Crippen molar-refractivity contribution in [2.45, 2.75) is 39.1 Å². The standard InChI is InChI=1S/C18H22N6O5/c1-8-5-11-12(6-9(8)2)24(7-13(25)20-4-3-10(19)17(27)28)15-14(21-11)16(26)23-18(29)22-15/h5-6,10,17,27-28H,3-4,7,19H2,1-2H3,(H,20,25)(H,23,26,29)/t10-/m0/s1. The Morgan fingerprint density at radius 1 is 1.24 bits per heavy atom. The van der Waals surface area contributed by atoms with Gasteiger partial charge in [-0.2, -0.15) is 4.98 Å². The van der Waals surface area contributed by atoms with Crippen molar-refractivity contribution >= 4 is 16.9 Å². The molecule has 0 aromatic heterocycles. The van der Waals surface area contributed by atoms with Crippen molar-refractivity contribution in [2.24, 2.45) is 5.73 Å². The first-order valence-corrected chi connectivity index (χ1v) is 8.97. The summed E-state index contributed by atoms with van der Waals surface area (Å²) in [6.45, 7) is 3.71. The third-order valence-corrected chi connectivity index (χ3v) is 4.71. The lowest BCUT2D eigenvalue weighted by atomic mass is 10.1. The molecule has 0 spiro atoms. The molecule has 154 valence electrons. The Balaban J connectivity index is 2.02. The van der Waals surface area contributed by atoms with Crippen LogP contribution in [0, 0.1) is 13.8 Å².